The van der Waals surface area contributed by atoms with Crippen molar-refractivity contribution in [1.82, 2.24) is 4.90 Å². The fourth-order valence-electron chi connectivity index (χ4n) is 3.56. The van der Waals surface area contributed by atoms with Gasteiger partial charge < -0.3 is 15.4 Å². The Morgan fingerprint density at radius 2 is 1.67 bits per heavy atom. The Hall–Kier alpha value is -2.20. The van der Waals surface area contributed by atoms with Gasteiger partial charge in [0.15, 0.2) is 0 Å². The molecular formula is C20H27N3O. The van der Waals surface area contributed by atoms with Crippen LogP contribution in [-0.4, -0.2) is 30.8 Å². The highest BCUT2D eigenvalue weighted by molar-refractivity contribution is 5.68. The SMILES string of the molecule is COc1cccc(N(c2ccc(N)cc2)C(C)(C)N2CCCC2)c1. The van der Waals surface area contributed by atoms with Gasteiger partial charge in [-0.15, -0.1) is 0 Å². The Labute approximate surface area is 144 Å². The number of hydrogen-bond donors (Lipinski definition) is 1. The van der Waals surface area contributed by atoms with Crippen molar-refractivity contribution in [3.8, 4) is 5.75 Å². The third-order valence-corrected chi connectivity index (χ3v) is 4.89. The zero-order valence-electron chi connectivity index (χ0n) is 14.8. The van der Waals surface area contributed by atoms with Gasteiger partial charge in [0.2, 0.25) is 0 Å². The van der Waals surface area contributed by atoms with Crippen LogP contribution in [0.25, 0.3) is 0 Å². The molecule has 2 N–H and O–H groups in total. The Morgan fingerprint density at radius 3 is 2.29 bits per heavy atom. The van der Waals surface area contributed by atoms with Crippen LogP contribution in [0.1, 0.15) is 26.7 Å². The van der Waals surface area contributed by atoms with Crippen molar-refractivity contribution in [2.75, 3.05) is 30.8 Å². The van der Waals surface area contributed by atoms with Gasteiger partial charge in [0.1, 0.15) is 5.75 Å². The van der Waals surface area contributed by atoms with Crippen LogP contribution < -0.4 is 15.4 Å². The zero-order valence-corrected chi connectivity index (χ0v) is 14.8. The molecule has 2 aromatic rings. The molecule has 1 aliphatic heterocycles. The first-order valence-electron chi connectivity index (χ1n) is 8.57. The highest BCUT2D eigenvalue weighted by Crippen LogP contribution is 2.38. The Balaban J connectivity index is 2.07. The molecule has 3 rings (SSSR count). The lowest BCUT2D eigenvalue weighted by Crippen LogP contribution is -2.54. The number of benzene rings is 2. The van der Waals surface area contributed by atoms with Crippen LogP contribution in [0.15, 0.2) is 48.5 Å². The molecule has 0 unspecified atom stereocenters. The van der Waals surface area contributed by atoms with E-state index in [1.807, 2.05) is 24.3 Å². The van der Waals surface area contributed by atoms with Gasteiger partial charge in [-0.1, -0.05) is 6.07 Å². The maximum atomic E-state index is 5.89. The molecule has 0 atom stereocenters. The van der Waals surface area contributed by atoms with E-state index in [9.17, 15) is 0 Å². The number of likely N-dealkylation sites (tertiary alicyclic amines) is 1. The van der Waals surface area contributed by atoms with E-state index in [1.165, 1.54) is 12.8 Å². The lowest BCUT2D eigenvalue weighted by atomic mass is 10.1. The average molecular weight is 325 g/mol. The molecule has 128 valence electrons. The van der Waals surface area contributed by atoms with E-state index in [4.69, 9.17) is 10.5 Å². The molecule has 0 saturated carbocycles. The molecule has 0 aromatic heterocycles. The normalized spacial score (nSPS) is 15.5. The number of nitrogens with zero attached hydrogens (tertiary/aromatic N) is 2. The van der Waals surface area contributed by atoms with Crippen molar-refractivity contribution < 1.29 is 4.74 Å². The third kappa shape index (κ3) is 3.20. The van der Waals surface area contributed by atoms with Gasteiger partial charge in [0.05, 0.1) is 12.8 Å². The summed E-state index contributed by atoms with van der Waals surface area (Å²) in [5, 5.41) is 0. The summed E-state index contributed by atoms with van der Waals surface area (Å²) in [6.45, 7) is 6.83. The van der Waals surface area contributed by atoms with Crippen molar-refractivity contribution in [2.45, 2.75) is 32.4 Å². The van der Waals surface area contributed by atoms with Gasteiger partial charge in [0, 0.05) is 36.2 Å². The summed E-state index contributed by atoms with van der Waals surface area (Å²) in [5.74, 6) is 0.866. The first-order valence-corrected chi connectivity index (χ1v) is 8.57. The Morgan fingerprint density at radius 1 is 1.00 bits per heavy atom. The molecule has 1 saturated heterocycles. The maximum Gasteiger partial charge on any atom is 0.120 e. The molecule has 4 heteroatoms. The molecule has 0 bridgehead atoms. The van der Waals surface area contributed by atoms with Crippen LogP contribution in [0.2, 0.25) is 0 Å². The number of nitrogens with two attached hydrogens (primary N) is 1. The molecule has 2 aromatic carbocycles. The minimum absolute atomic E-state index is 0.140. The van der Waals surface area contributed by atoms with Crippen LogP contribution in [0.5, 0.6) is 5.75 Å². The second-order valence-corrected chi connectivity index (χ2v) is 6.82. The van der Waals surface area contributed by atoms with Gasteiger partial charge in [0.25, 0.3) is 0 Å². The van der Waals surface area contributed by atoms with Gasteiger partial charge in [-0.2, -0.15) is 0 Å². The minimum atomic E-state index is -0.140. The van der Waals surface area contributed by atoms with E-state index in [0.717, 1.165) is 35.9 Å². The quantitative estimate of drug-likeness (QED) is 0.835. The van der Waals surface area contributed by atoms with Crippen molar-refractivity contribution in [1.29, 1.82) is 0 Å². The Bertz CT molecular complexity index is 676. The van der Waals surface area contributed by atoms with Crippen molar-refractivity contribution >= 4 is 17.1 Å². The zero-order chi connectivity index (χ0) is 17.2. The first-order chi connectivity index (χ1) is 11.5. The fraction of sp³-hybridized carbons (Fsp3) is 0.400. The number of nitrogen functional groups attached to an aromatic ring is 1. The standard InChI is InChI=1S/C20H27N3O/c1-20(2,22-13-4-5-14-22)23(17-11-9-16(21)10-12-17)18-7-6-8-19(15-18)24-3/h6-12,15H,4-5,13-14,21H2,1-3H3. The highest BCUT2D eigenvalue weighted by Gasteiger charge is 2.36. The van der Waals surface area contributed by atoms with Gasteiger partial charge in [-0.3, -0.25) is 4.90 Å². The summed E-state index contributed by atoms with van der Waals surface area (Å²) < 4.78 is 5.44. The molecule has 1 fully saturated rings. The van der Waals surface area contributed by atoms with E-state index in [1.54, 1.807) is 7.11 Å². The molecule has 4 nitrogen and oxygen atoms in total. The smallest absolute Gasteiger partial charge is 0.120 e. The summed E-state index contributed by atoms with van der Waals surface area (Å²) in [6.07, 6.45) is 2.52. The highest BCUT2D eigenvalue weighted by atomic mass is 16.5. The molecule has 0 aliphatic carbocycles. The largest absolute Gasteiger partial charge is 0.497 e. The van der Waals surface area contributed by atoms with Crippen LogP contribution >= 0.6 is 0 Å². The van der Waals surface area contributed by atoms with Crippen LogP contribution in [-0.2, 0) is 0 Å². The third-order valence-electron chi connectivity index (χ3n) is 4.89. The Kier molecular flexibility index (Phi) is 4.67. The second-order valence-electron chi connectivity index (χ2n) is 6.82. The molecule has 1 aliphatic rings. The van der Waals surface area contributed by atoms with E-state index >= 15 is 0 Å². The van der Waals surface area contributed by atoms with E-state index < -0.39 is 0 Å². The lowest BCUT2D eigenvalue weighted by molar-refractivity contribution is 0.161. The maximum absolute atomic E-state index is 5.89. The summed E-state index contributed by atoms with van der Waals surface area (Å²) in [7, 11) is 1.71. The summed E-state index contributed by atoms with van der Waals surface area (Å²) in [6, 6.07) is 16.3. The molecule has 0 amide bonds. The lowest BCUT2D eigenvalue weighted by Gasteiger charge is -2.46. The second kappa shape index (κ2) is 6.73. The van der Waals surface area contributed by atoms with Crippen LogP contribution in [0, 0.1) is 0 Å². The number of rotatable bonds is 5. The number of methoxy groups -OCH3 is 1. The van der Waals surface area contributed by atoms with Gasteiger partial charge in [-0.05, 0) is 63.1 Å². The summed E-state index contributed by atoms with van der Waals surface area (Å²) in [4.78, 5) is 4.92. The monoisotopic (exact) mass is 325 g/mol. The van der Waals surface area contributed by atoms with Gasteiger partial charge >= 0.3 is 0 Å². The molecule has 0 spiro atoms. The fourth-order valence-corrected chi connectivity index (χ4v) is 3.56. The molecule has 1 heterocycles. The number of ether oxygens (including phenoxy) is 1. The average Bonchev–Trinajstić information content (AvgIpc) is 3.12. The predicted molar refractivity (Wildman–Crippen MR) is 101 cm³/mol. The molecule has 0 radical (unpaired) electrons. The number of hydrogen-bond acceptors (Lipinski definition) is 4. The topological polar surface area (TPSA) is 41.7 Å². The van der Waals surface area contributed by atoms with Crippen molar-refractivity contribution in [3.63, 3.8) is 0 Å². The van der Waals surface area contributed by atoms with E-state index in [0.29, 0.717) is 0 Å². The first kappa shape index (κ1) is 16.7. The van der Waals surface area contributed by atoms with Crippen molar-refractivity contribution in [3.05, 3.63) is 48.5 Å². The van der Waals surface area contributed by atoms with Crippen LogP contribution in [0.3, 0.4) is 0 Å². The summed E-state index contributed by atoms with van der Waals surface area (Å²) in [5.41, 5.74) is 8.79. The van der Waals surface area contributed by atoms with E-state index in [2.05, 4.69) is 47.9 Å². The van der Waals surface area contributed by atoms with Crippen LogP contribution in [0.4, 0.5) is 17.1 Å². The number of anilines is 3. The minimum Gasteiger partial charge on any atom is -0.497 e. The van der Waals surface area contributed by atoms with E-state index in [-0.39, 0.29) is 5.66 Å². The molecule has 24 heavy (non-hydrogen) atoms. The summed E-state index contributed by atoms with van der Waals surface area (Å²) >= 11 is 0. The van der Waals surface area contributed by atoms with Gasteiger partial charge in [-0.25, -0.2) is 0 Å². The molecular weight excluding hydrogens is 298 g/mol. The van der Waals surface area contributed by atoms with Crippen molar-refractivity contribution in [2.24, 2.45) is 0 Å². The predicted octanol–water partition coefficient (Wildman–Crippen LogP) is 4.25.